The Bertz CT molecular complexity index is 778. The lowest BCUT2D eigenvalue weighted by Gasteiger charge is -2.38. The zero-order chi connectivity index (χ0) is 18.0. The lowest BCUT2D eigenvalue weighted by molar-refractivity contribution is 0.0376. The number of benzene rings is 1. The molecule has 0 saturated carbocycles. The van der Waals surface area contributed by atoms with Crippen molar-refractivity contribution in [2.45, 2.75) is 31.9 Å². The van der Waals surface area contributed by atoms with E-state index in [0.29, 0.717) is 19.4 Å². The third kappa shape index (κ3) is 3.62. The van der Waals surface area contributed by atoms with Crippen LogP contribution >= 0.6 is 0 Å². The summed E-state index contributed by atoms with van der Waals surface area (Å²) >= 11 is 0. The Labute approximate surface area is 144 Å². The Hall–Kier alpha value is -2.90. The van der Waals surface area contributed by atoms with Crippen LogP contribution in [0.15, 0.2) is 36.9 Å². The summed E-state index contributed by atoms with van der Waals surface area (Å²) in [5.74, 6) is -0.342. The number of aryl methyl sites for hydroxylation is 1. The van der Waals surface area contributed by atoms with Gasteiger partial charge in [0.15, 0.2) is 0 Å². The van der Waals surface area contributed by atoms with Crippen LogP contribution < -0.4 is 5.73 Å². The van der Waals surface area contributed by atoms with Gasteiger partial charge in [0.05, 0.1) is 6.04 Å². The molecular weight excluding hydrogens is 327 g/mol. The van der Waals surface area contributed by atoms with E-state index in [1.54, 1.807) is 13.0 Å². The second-order valence-corrected chi connectivity index (χ2v) is 6.05. The van der Waals surface area contributed by atoms with E-state index in [2.05, 4.69) is 4.98 Å². The molecule has 1 fully saturated rings. The number of carbonyl (C=O) groups excluding carboxylic acids is 2. The average molecular weight is 346 g/mol. The van der Waals surface area contributed by atoms with Crippen LogP contribution in [0.4, 0.5) is 14.0 Å². The first-order valence-electron chi connectivity index (χ1n) is 7.96. The molecule has 1 aromatic heterocycles. The van der Waals surface area contributed by atoms with Gasteiger partial charge in [0.25, 0.3) is 0 Å². The molecule has 1 aliphatic heterocycles. The first-order chi connectivity index (χ1) is 12.0. The molecule has 0 aliphatic carbocycles. The summed E-state index contributed by atoms with van der Waals surface area (Å²) in [5, 5.41) is 0. The fraction of sp³-hybridized carbons (Fsp3) is 0.353. The Balaban J connectivity index is 1.80. The number of hydrogen-bond acceptors (Lipinski definition) is 4. The highest BCUT2D eigenvalue weighted by molar-refractivity contribution is 5.73. The molecule has 2 atom stereocenters. The van der Waals surface area contributed by atoms with Crippen molar-refractivity contribution in [3.63, 3.8) is 0 Å². The van der Waals surface area contributed by atoms with Gasteiger partial charge in [0.2, 0.25) is 0 Å². The first kappa shape index (κ1) is 16.9. The van der Waals surface area contributed by atoms with E-state index in [9.17, 15) is 14.0 Å². The average Bonchev–Trinajstić information content (AvgIpc) is 3.09. The lowest BCUT2D eigenvalue weighted by atomic mass is 9.91. The number of halogens is 1. The number of piperidine rings is 1. The summed E-state index contributed by atoms with van der Waals surface area (Å²) in [6, 6.07) is 3.49. The molecule has 132 valence electrons. The summed E-state index contributed by atoms with van der Waals surface area (Å²) in [6.07, 6.45) is 4.34. The van der Waals surface area contributed by atoms with E-state index in [0.717, 1.165) is 11.1 Å². The number of hydrogen-bond donors (Lipinski definition) is 1. The molecule has 7 nitrogen and oxygen atoms in total. The maximum absolute atomic E-state index is 13.4. The second kappa shape index (κ2) is 6.92. The molecule has 25 heavy (non-hydrogen) atoms. The van der Waals surface area contributed by atoms with Crippen LogP contribution in [-0.4, -0.2) is 39.2 Å². The highest BCUT2D eigenvalue weighted by Gasteiger charge is 2.34. The van der Waals surface area contributed by atoms with E-state index in [4.69, 9.17) is 10.5 Å². The molecule has 0 radical (unpaired) electrons. The predicted molar refractivity (Wildman–Crippen MR) is 87.3 cm³/mol. The number of ether oxygens (including phenoxy) is 1. The van der Waals surface area contributed by atoms with Crippen molar-refractivity contribution in [1.82, 2.24) is 14.5 Å². The number of amides is 2. The van der Waals surface area contributed by atoms with Gasteiger partial charge in [-0.3, -0.25) is 0 Å². The van der Waals surface area contributed by atoms with Gasteiger partial charge >= 0.3 is 12.1 Å². The molecule has 2 N–H and O–H groups in total. The number of nitrogens with zero attached hydrogens (tertiary/aromatic N) is 3. The van der Waals surface area contributed by atoms with Crippen molar-refractivity contribution in [2.75, 3.05) is 6.54 Å². The molecule has 1 aromatic carbocycles. The minimum atomic E-state index is -0.548. The Kier molecular flexibility index (Phi) is 4.69. The van der Waals surface area contributed by atoms with E-state index in [1.165, 1.54) is 40.3 Å². The van der Waals surface area contributed by atoms with Crippen molar-refractivity contribution >= 4 is 12.1 Å². The summed E-state index contributed by atoms with van der Waals surface area (Å²) in [7, 11) is 0. The van der Waals surface area contributed by atoms with Crippen molar-refractivity contribution in [3.8, 4) is 0 Å². The second-order valence-electron chi connectivity index (χ2n) is 6.05. The number of urea groups is 1. The Morgan fingerprint density at radius 3 is 2.84 bits per heavy atom. The van der Waals surface area contributed by atoms with Gasteiger partial charge in [-0.25, -0.2) is 23.5 Å². The predicted octanol–water partition coefficient (Wildman–Crippen LogP) is 2.60. The van der Waals surface area contributed by atoms with E-state index in [1.807, 2.05) is 0 Å². The van der Waals surface area contributed by atoms with E-state index in [-0.39, 0.29) is 18.0 Å². The fourth-order valence-electron chi connectivity index (χ4n) is 3.18. The summed E-state index contributed by atoms with van der Waals surface area (Å²) in [4.78, 5) is 29.2. The number of nitrogens with two attached hydrogens (primary N) is 1. The van der Waals surface area contributed by atoms with Gasteiger partial charge < -0.3 is 15.4 Å². The van der Waals surface area contributed by atoms with Crippen LogP contribution in [0.25, 0.3) is 0 Å². The third-order valence-corrected chi connectivity index (χ3v) is 4.41. The van der Waals surface area contributed by atoms with Crippen LogP contribution in [-0.2, 0) is 4.74 Å². The molecule has 8 heteroatoms. The molecule has 2 aromatic rings. The standard InChI is InChI=1S/C17H19FN4O3/c1-11-8-12(18)2-3-14(11)15-9-13(4-6-22(15)16(19)23)25-17(24)21-7-5-20-10-21/h2-3,5,7-8,10,13,15H,4,6,9H2,1H3,(H2,19,23). The van der Waals surface area contributed by atoms with Crippen molar-refractivity contribution < 1.29 is 18.7 Å². The summed E-state index contributed by atoms with van der Waals surface area (Å²) < 4.78 is 20.2. The molecule has 3 rings (SSSR count). The number of carbonyl (C=O) groups is 2. The number of primary amides is 1. The number of likely N-dealkylation sites (tertiary alicyclic amines) is 1. The van der Waals surface area contributed by atoms with Crippen LogP contribution in [0.1, 0.15) is 30.0 Å². The van der Waals surface area contributed by atoms with E-state index < -0.39 is 12.1 Å². The van der Waals surface area contributed by atoms with Gasteiger partial charge in [0.1, 0.15) is 18.2 Å². The van der Waals surface area contributed by atoms with Gasteiger partial charge in [-0.2, -0.15) is 0 Å². The van der Waals surface area contributed by atoms with Crippen LogP contribution in [0, 0.1) is 12.7 Å². The first-order valence-corrected chi connectivity index (χ1v) is 7.96. The summed E-state index contributed by atoms with van der Waals surface area (Å²) in [5.41, 5.74) is 7.01. The molecule has 0 spiro atoms. The normalized spacial score (nSPS) is 20.3. The molecule has 0 bridgehead atoms. The monoisotopic (exact) mass is 346 g/mol. The minimum absolute atomic E-state index is 0.342. The van der Waals surface area contributed by atoms with E-state index >= 15 is 0 Å². The molecule has 2 unspecified atom stereocenters. The number of imidazole rings is 1. The maximum atomic E-state index is 13.4. The fourth-order valence-corrected chi connectivity index (χ4v) is 3.18. The van der Waals surface area contributed by atoms with Crippen LogP contribution in [0.5, 0.6) is 0 Å². The smallest absolute Gasteiger partial charge is 0.419 e. The van der Waals surface area contributed by atoms with Crippen LogP contribution in [0.2, 0.25) is 0 Å². The van der Waals surface area contributed by atoms with Crippen molar-refractivity contribution in [2.24, 2.45) is 5.73 Å². The summed E-state index contributed by atoms with van der Waals surface area (Å²) in [6.45, 7) is 2.14. The SMILES string of the molecule is Cc1cc(F)ccc1C1CC(OC(=O)n2ccnc2)CCN1C(N)=O. The molecule has 2 amide bonds. The van der Waals surface area contributed by atoms with Crippen LogP contribution in [0.3, 0.4) is 0 Å². The largest absolute Gasteiger partial charge is 0.445 e. The number of rotatable bonds is 2. The van der Waals surface area contributed by atoms with Crippen molar-refractivity contribution in [1.29, 1.82) is 0 Å². The zero-order valence-electron chi connectivity index (χ0n) is 13.8. The highest BCUT2D eigenvalue weighted by Crippen LogP contribution is 2.34. The van der Waals surface area contributed by atoms with Crippen molar-refractivity contribution in [3.05, 3.63) is 53.9 Å². The van der Waals surface area contributed by atoms with Gasteiger partial charge in [-0.15, -0.1) is 0 Å². The highest BCUT2D eigenvalue weighted by atomic mass is 19.1. The quantitative estimate of drug-likeness (QED) is 0.905. The molecule has 1 aliphatic rings. The number of aromatic nitrogens is 2. The topological polar surface area (TPSA) is 90.5 Å². The van der Waals surface area contributed by atoms with Gasteiger partial charge in [-0.05, 0) is 30.2 Å². The van der Waals surface area contributed by atoms with Gasteiger partial charge in [-0.1, -0.05) is 6.07 Å². The van der Waals surface area contributed by atoms with Gasteiger partial charge in [0, 0.05) is 31.8 Å². The lowest BCUT2D eigenvalue weighted by Crippen LogP contribution is -2.46. The maximum Gasteiger partial charge on any atom is 0.419 e. The molecule has 1 saturated heterocycles. The Morgan fingerprint density at radius 1 is 1.40 bits per heavy atom. The molecule has 2 heterocycles. The molecular formula is C17H19FN4O3. The minimum Gasteiger partial charge on any atom is -0.445 e. The third-order valence-electron chi connectivity index (χ3n) is 4.41. The zero-order valence-corrected chi connectivity index (χ0v) is 13.8. The Morgan fingerprint density at radius 2 is 2.20 bits per heavy atom.